The molecule has 0 spiro atoms. The van der Waals surface area contributed by atoms with Gasteiger partial charge in [0.05, 0.1) is 0 Å². The molecule has 1 aromatic carbocycles. The van der Waals surface area contributed by atoms with Gasteiger partial charge in [-0.05, 0) is 17.9 Å². The molecule has 2 atom stereocenters. The van der Waals surface area contributed by atoms with Gasteiger partial charge in [-0.2, -0.15) is 0 Å². The van der Waals surface area contributed by atoms with Crippen LogP contribution in [0, 0.1) is 5.92 Å². The van der Waals surface area contributed by atoms with Gasteiger partial charge in [0, 0.05) is 0 Å². The number of carboxylic acids is 1. The Bertz CT molecular complexity index is 433. The zero-order chi connectivity index (χ0) is 15.0. The second-order valence-electron chi connectivity index (χ2n) is 4.85. The average molecular weight is 279 g/mol. The molecule has 0 aliphatic heterocycles. The van der Waals surface area contributed by atoms with E-state index in [1.54, 1.807) is 0 Å². The van der Waals surface area contributed by atoms with Crippen molar-refractivity contribution in [2.24, 2.45) is 5.92 Å². The van der Waals surface area contributed by atoms with Gasteiger partial charge in [-0.25, -0.2) is 9.59 Å². The number of benzene rings is 1. The van der Waals surface area contributed by atoms with Crippen molar-refractivity contribution in [2.45, 2.75) is 39.3 Å². The van der Waals surface area contributed by atoms with E-state index in [-0.39, 0.29) is 12.5 Å². The highest BCUT2D eigenvalue weighted by Crippen LogP contribution is 2.10. The van der Waals surface area contributed by atoms with E-state index in [0.717, 1.165) is 12.0 Å². The number of rotatable bonds is 7. The molecular weight excluding hydrogens is 258 g/mol. The van der Waals surface area contributed by atoms with Crippen molar-refractivity contribution < 1.29 is 19.4 Å². The number of carbonyl (C=O) groups excluding carboxylic acids is 1. The summed E-state index contributed by atoms with van der Waals surface area (Å²) >= 11 is 0. The van der Waals surface area contributed by atoms with Crippen molar-refractivity contribution in [3.8, 4) is 0 Å². The van der Waals surface area contributed by atoms with Crippen molar-refractivity contribution in [2.75, 3.05) is 0 Å². The molecule has 1 rings (SSSR count). The van der Waals surface area contributed by atoms with E-state index < -0.39 is 18.1 Å². The second kappa shape index (κ2) is 8.19. The first-order valence-electron chi connectivity index (χ1n) is 6.73. The molecule has 5 nitrogen and oxygen atoms in total. The SMILES string of the molecule is CCC(C)CC(NC(=O)OCc1ccccc1)C(=O)O. The van der Waals surface area contributed by atoms with Gasteiger partial charge >= 0.3 is 12.1 Å². The van der Waals surface area contributed by atoms with Crippen LogP contribution in [0.25, 0.3) is 0 Å². The van der Waals surface area contributed by atoms with Gasteiger partial charge in [0.1, 0.15) is 12.6 Å². The lowest BCUT2D eigenvalue weighted by Crippen LogP contribution is -2.42. The van der Waals surface area contributed by atoms with Gasteiger partial charge in [-0.15, -0.1) is 0 Å². The van der Waals surface area contributed by atoms with Crippen LogP contribution < -0.4 is 5.32 Å². The van der Waals surface area contributed by atoms with Crippen molar-refractivity contribution in [3.63, 3.8) is 0 Å². The fourth-order valence-corrected chi connectivity index (χ4v) is 1.70. The fourth-order valence-electron chi connectivity index (χ4n) is 1.70. The highest BCUT2D eigenvalue weighted by atomic mass is 16.5. The van der Waals surface area contributed by atoms with Gasteiger partial charge in [0.2, 0.25) is 0 Å². The highest BCUT2D eigenvalue weighted by molar-refractivity contribution is 5.79. The molecule has 0 fully saturated rings. The minimum absolute atomic E-state index is 0.127. The Morgan fingerprint density at radius 1 is 1.30 bits per heavy atom. The number of carboxylic acid groups (broad SMARTS) is 1. The molecule has 0 saturated heterocycles. The van der Waals surface area contributed by atoms with E-state index >= 15 is 0 Å². The van der Waals surface area contributed by atoms with Crippen molar-refractivity contribution in [1.82, 2.24) is 5.32 Å². The molecule has 2 unspecified atom stereocenters. The Morgan fingerprint density at radius 3 is 2.50 bits per heavy atom. The first-order valence-corrected chi connectivity index (χ1v) is 6.73. The van der Waals surface area contributed by atoms with E-state index in [9.17, 15) is 9.59 Å². The molecule has 0 aromatic heterocycles. The molecule has 110 valence electrons. The number of alkyl carbamates (subject to hydrolysis) is 1. The predicted molar refractivity (Wildman–Crippen MR) is 75.3 cm³/mol. The molecule has 0 bridgehead atoms. The Morgan fingerprint density at radius 2 is 1.95 bits per heavy atom. The van der Waals surface area contributed by atoms with Crippen LogP contribution in [-0.2, 0) is 16.1 Å². The lowest BCUT2D eigenvalue weighted by atomic mass is 9.99. The molecular formula is C15H21NO4. The molecule has 20 heavy (non-hydrogen) atoms. The van der Waals surface area contributed by atoms with Crippen molar-refractivity contribution in [3.05, 3.63) is 35.9 Å². The van der Waals surface area contributed by atoms with Gasteiger partial charge in [-0.1, -0.05) is 50.6 Å². The Balaban J connectivity index is 2.44. The minimum atomic E-state index is -1.04. The maximum Gasteiger partial charge on any atom is 0.408 e. The summed E-state index contributed by atoms with van der Waals surface area (Å²) in [6.45, 7) is 4.06. The topological polar surface area (TPSA) is 75.6 Å². The smallest absolute Gasteiger partial charge is 0.408 e. The summed E-state index contributed by atoms with van der Waals surface area (Å²) in [5, 5.41) is 11.5. The zero-order valence-corrected chi connectivity index (χ0v) is 11.8. The van der Waals surface area contributed by atoms with E-state index in [4.69, 9.17) is 9.84 Å². The van der Waals surface area contributed by atoms with E-state index in [1.165, 1.54) is 0 Å². The number of hydrogen-bond donors (Lipinski definition) is 2. The largest absolute Gasteiger partial charge is 0.480 e. The van der Waals surface area contributed by atoms with Crippen LogP contribution in [0.4, 0.5) is 4.79 Å². The molecule has 1 aromatic rings. The first-order chi connectivity index (χ1) is 9.52. The summed E-state index contributed by atoms with van der Waals surface area (Å²) in [6, 6.07) is 8.32. The Labute approximate surface area is 118 Å². The van der Waals surface area contributed by atoms with Crippen LogP contribution in [0.5, 0.6) is 0 Å². The molecule has 5 heteroatoms. The van der Waals surface area contributed by atoms with Crippen LogP contribution in [-0.4, -0.2) is 23.2 Å². The first kappa shape index (κ1) is 16.0. The molecule has 0 radical (unpaired) electrons. The summed E-state index contributed by atoms with van der Waals surface area (Å²) in [6.07, 6.45) is 0.557. The van der Waals surface area contributed by atoms with Crippen LogP contribution in [0.2, 0.25) is 0 Å². The van der Waals surface area contributed by atoms with E-state index in [2.05, 4.69) is 5.32 Å². The van der Waals surface area contributed by atoms with Gasteiger partial charge in [0.15, 0.2) is 0 Å². The third kappa shape index (κ3) is 5.73. The monoisotopic (exact) mass is 279 g/mol. The van der Waals surface area contributed by atoms with Gasteiger partial charge < -0.3 is 15.2 Å². The van der Waals surface area contributed by atoms with Gasteiger partial charge in [-0.3, -0.25) is 0 Å². The number of hydrogen-bond acceptors (Lipinski definition) is 3. The molecule has 0 aliphatic carbocycles. The maximum atomic E-state index is 11.6. The second-order valence-corrected chi connectivity index (χ2v) is 4.85. The predicted octanol–water partition coefficient (Wildman–Crippen LogP) is 2.80. The fraction of sp³-hybridized carbons (Fsp3) is 0.467. The Kier molecular flexibility index (Phi) is 6.56. The number of ether oxygens (including phenoxy) is 1. The van der Waals surface area contributed by atoms with Crippen LogP contribution >= 0.6 is 0 Å². The third-order valence-electron chi connectivity index (χ3n) is 3.14. The summed E-state index contributed by atoms with van der Waals surface area (Å²) < 4.78 is 5.01. The van der Waals surface area contributed by atoms with E-state index in [0.29, 0.717) is 6.42 Å². The Hall–Kier alpha value is -2.04. The maximum absolute atomic E-state index is 11.6. The summed E-state index contributed by atoms with van der Waals surface area (Å²) in [5.41, 5.74) is 0.858. The number of aliphatic carboxylic acids is 1. The van der Waals surface area contributed by atoms with Crippen LogP contribution in [0.15, 0.2) is 30.3 Å². The molecule has 0 heterocycles. The molecule has 0 saturated carbocycles. The van der Waals surface area contributed by atoms with Crippen LogP contribution in [0.3, 0.4) is 0 Å². The van der Waals surface area contributed by atoms with Crippen LogP contribution in [0.1, 0.15) is 32.3 Å². The average Bonchev–Trinajstić information content (AvgIpc) is 2.45. The normalized spacial score (nSPS) is 13.3. The lowest BCUT2D eigenvalue weighted by Gasteiger charge is -2.17. The molecule has 1 amide bonds. The lowest BCUT2D eigenvalue weighted by molar-refractivity contribution is -0.139. The summed E-state index contributed by atoms with van der Waals surface area (Å²) in [5.74, 6) is -0.813. The number of carbonyl (C=O) groups is 2. The summed E-state index contributed by atoms with van der Waals surface area (Å²) in [4.78, 5) is 22.7. The van der Waals surface area contributed by atoms with Gasteiger partial charge in [0.25, 0.3) is 0 Å². The number of nitrogens with one attached hydrogen (secondary N) is 1. The van der Waals surface area contributed by atoms with E-state index in [1.807, 2.05) is 44.2 Å². The summed E-state index contributed by atoms with van der Waals surface area (Å²) in [7, 11) is 0. The zero-order valence-electron chi connectivity index (χ0n) is 11.8. The standard InChI is InChI=1S/C15H21NO4/c1-3-11(2)9-13(14(17)18)16-15(19)20-10-12-7-5-4-6-8-12/h4-8,11,13H,3,9-10H2,1-2H3,(H,16,19)(H,17,18). The molecule has 2 N–H and O–H groups in total. The van der Waals surface area contributed by atoms with Crippen molar-refractivity contribution >= 4 is 12.1 Å². The molecule has 0 aliphatic rings. The minimum Gasteiger partial charge on any atom is -0.480 e. The number of amides is 1. The quantitative estimate of drug-likeness (QED) is 0.804. The third-order valence-corrected chi connectivity index (χ3v) is 3.14. The highest BCUT2D eigenvalue weighted by Gasteiger charge is 2.22. The van der Waals surface area contributed by atoms with Crippen molar-refractivity contribution in [1.29, 1.82) is 0 Å².